The first-order valence-corrected chi connectivity index (χ1v) is 12.5. The summed E-state index contributed by atoms with van der Waals surface area (Å²) in [5.41, 5.74) is 0.875. The number of carbonyl (C=O) groups is 1. The third-order valence-electron chi connectivity index (χ3n) is 4.99. The van der Waals surface area contributed by atoms with E-state index in [0.29, 0.717) is 23.3 Å². The number of hydrogen-bond donors (Lipinski definition) is 0. The van der Waals surface area contributed by atoms with E-state index in [1.807, 2.05) is 29.0 Å². The van der Waals surface area contributed by atoms with E-state index in [1.165, 1.54) is 16.1 Å². The van der Waals surface area contributed by atoms with E-state index in [1.54, 1.807) is 47.5 Å². The number of sulfonamides is 1. The Bertz CT molecular complexity index is 1160. The molecule has 0 aliphatic carbocycles. The predicted molar refractivity (Wildman–Crippen MR) is 121 cm³/mol. The number of amides is 1. The van der Waals surface area contributed by atoms with Crippen LogP contribution in [-0.2, 0) is 14.8 Å². The Balaban J connectivity index is 1.34. The SMILES string of the molecule is O=C(CSc1nccn1-c1cccc(Cl)c1)N1CCN(S(=O)(=O)c2ccccc2)CC1. The maximum Gasteiger partial charge on any atom is 0.243 e. The summed E-state index contributed by atoms with van der Waals surface area (Å²) in [6.45, 7) is 1.30. The standard InChI is InChI=1S/C21H21ClN4O3S2/c22-17-5-4-6-18(15-17)26-10-9-23-21(26)30-16-20(27)24-11-13-25(14-12-24)31(28,29)19-7-2-1-3-8-19/h1-10,15H,11-14,16H2. The number of piperazine rings is 1. The minimum absolute atomic E-state index is 0.0394. The lowest BCUT2D eigenvalue weighted by Gasteiger charge is -2.34. The molecule has 0 N–H and O–H groups in total. The van der Waals surface area contributed by atoms with Gasteiger partial charge in [-0.25, -0.2) is 13.4 Å². The van der Waals surface area contributed by atoms with Gasteiger partial charge >= 0.3 is 0 Å². The van der Waals surface area contributed by atoms with Gasteiger partial charge in [0.25, 0.3) is 0 Å². The van der Waals surface area contributed by atoms with E-state index in [9.17, 15) is 13.2 Å². The average molecular weight is 477 g/mol. The van der Waals surface area contributed by atoms with Gasteiger partial charge in [-0.15, -0.1) is 0 Å². The third-order valence-corrected chi connectivity index (χ3v) is 8.09. The Labute approximate surface area is 190 Å². The van der Waals surface area contributed by atoms with Gasteiger partial charge in [-0.3, -0.25) is 9.36 Å². The van der Waals surface area contributed by atoms with E-state index in [2.05, 4.69) is 4.98 Å². The van der Waals surface area contributed by atoms with Crippen molar-refractivity contribution < 1.29 is 13.2 Å². The summed E-state index contributed by atoms with van der Waals surface area (Å²) in [7, 11) is -3.53. The normalized spacial score (nSPS) is 15.2. The molecular formula is C21H21ClN4O3S2. The van der Waals surface area contributed by atoms with Gasteiger partial charge < -0.3 is 4.90 Å². The molecule has 1 aliphatic heterocycles. The summed E-state index contributed by atoms with van der Waals surface area (Å²) in [6, 6.07) is 15.8. The van der Waals surface area contributed by atoms with Gasteiger partial charge in [0.2, 0.25) is 15.9 Å². The number of nitrogens with zero attached hydrogens (tertiary/aromatic N) is 4. The lowest BCUT2D eigenvalue weighted by molar-refractivity contribution is -0.129. The summed E-state index contributed by atoms with van der Waals surface area (Å²) in [5.74, 6) is 0.186. The molecule has 0 bridgehead atoms. The van der Waals surface area contributed by atoms with Gasteiger partial charge in [-0.1, -0.05) is 47.6 Å². The Morgan fingerprint density at radius 1 is 1.03 bits per heavy atom. The summed E-state index contributed by atoms with van der Waals surface area (Å²) >= 11 is 7.42. The molecule has 0 spiro atoms. The molecule has 1 aromatic heterocycles. The van der Waals surface area contributed by atoms with Crippen LogP contribution < -0.4 is 0 Å². The van der Waals surface area contributed by atoms with Crippen LogP contribution in [0, 0.1) is 0 Å². The van der Waals surface area contributed by atoms with Crippen molar-refractivity contribution in [2.24, 2.45) is 0 Å². The van der Waals surface area contributed by atoms with Crippen LogP contribution in [0.3, 0.4) is 0 Å². The molecule has 4 rings (SSSR count). The Kier molecular flexibility index (Phi) is 6.66. The largest absolute Gasteiger partial charge is 0.339 e. The second-order valence-electron chi connectivity index (χ2n) is 6.95. The first-order valence-electron chi connectivity index (χ1n) is 9.70. The van der Waals surface area contributed by atoms with Crippen molar-refractivity contribution in [3.05, 3.63) is 72.0 Å². The molecule has 10 heteroatoms. The molecule has 3 aromatic rings. The molecule has 1 saturated heterocycles. The van der Waals surface area contributed by atoms with Crippen LogP contribution in [-0.4, -0.2) is 65.0 Å². The molecule has 1 aliphatic rings. The zero-order chi connectivity index (χ0) is 21.8. The maximum atomic E-state index is 12.7. The fourth-order valence-electron chi connectivity index (χ4n) is 3.36. The molecule has 2 heterocycles. The number of imidazole rings is 1. The fourth-order valence-corrected chi connectivity index (χ4v) is 5.86. The minimum atomic E-state index is -3.53. The highest BCUT2D eigenvalue weighted by atomic mass is 35.5. The maximum absolute atomic E-state index is 12.7. The quantitative estimate of drug-likeness (QED) is 0.511. The molecule has 2 aromatic carbocycles. The summed E-state index contributed by atoms with van der Waals surface area (Å²) in [5, 5.41) is 1.32. The van der Waals surface area contributed by atoms with Crippen LogP contribution in [0.4, 0.5) is 0 Å². The van der Waals surface area contributed by atoms with E-state index >= 15 is 0 Å². The lowest BCUT2D eigenvalue weighted by atomic mass is 10.3. The van der Waals surface area contributed by atoms with Crippen molar-refractivity contribution in [3.63, 3.8) is 0 Å². The Morgan fingerprint density at radius 3 is 2.48 bits per heavy atom. The molecule has 0 unspecified atom stereocenters. The van der Waals surface area contributed by atoms with Gasteiger partial charge in [0.05, 0.1) is 10.6 Å². The van der Waals surface area contributed by atoms with E-state index in [0.717, 1.165) is 5.69 Å². The second-order valence-corrected chi connectivity index (χ2v) is 10.3. The van der Waals surface area contributed by atoms with Gasteiger partial charge in [-0.2, -0.15) is 4.31 Å². The number of carbonyl (C=O) groups excluding carboxylic acids is 1. The van der Waals surface area contributed by atoms with Crippen LogP contribution in [0.15, 0.2) is 77.0 Å². The molecule has 0 saturated carbocycles. The van der Waals surface area contributed by atoms with Crippen LogP contribution in [0.1, 0.15) is 0 Å². The van der Waals surface area contributed by atoms with E-state index in [4.69, 9.17) is 11.6 Å². The summed E-state index contributed by atoms with van der Waals surface area (Å²) in [6.07, 6.45) is 3.51. The molecular weight excluding hydrogens is 456 g/mol. The number of benzene rings is 2. The predicted octanol–water partition coefficient (Wildman–Crippen LogP) is 3.15. The molecule has 7 nitrogen and oxygen atoms in total. The monoisotopic (exact) mass is 476 g/mol. The Morgan fingerprint density at radius 2 is 1.77 bits per heavy atom. The fraction of sp³-hybridized carbons (Fsp3) is 0.238. The van der Waals surface area contributed by atoms with Gasteiger partial charge in [0.15, 0.2) is 5.16 Å². The first kappa shape index (κ1) is 21.9. The number of rotatable bonds is 6. The number of halogens is 1. The molecule has 0 atom stereocenters. The molecule has 1 amide bonds. The third kappa shape index (κ3) is 4.95. The van der Waals surface area contributed by atoms with Crippen molar-refractivity contribution in [2.45, 2.75) is 10.1 Å². The highest BCUT2D eigenvalue weighted by Gasteiger charge is 2.30. The zero-order valence-corrected chi connectivity index (χ0v) is 19.0. The van der Waals surface area contributed by atoms with Crippen molar-refractivity contribution in [1.82, 2.24) is 18.8 Å². The summed E-state index contributed by atoms with van der Waals surface area (Å²) in [4.78, 5) is 19.0. The number of thioether (sulfide) groups is 1. The highest BCUT2D eigenvalue weighted by molar-refractivity contribution is 7.99. The minimum Gasteiger partial charge on any atom is -0.339 e. The lowest BCUT2D eigenvalue weighted by Crippen LogP contribution is -2.50. The van der Waals surface area contributed by atoms with E-state index in [-0.39, 0.29) is 29.6 Å². The van der Waals surface area contributed by atoms with Gasteiger partial charge in [0, 0.05) is 49.3 Å². The van der Waals surface area contributed by atoms with Gasteiger partial charge in [-0.05, 0) is 30.3 Å². The van der Waals surface area contributed by atoms with Crippen LogP contribution in [0.2, 0.25) is 5.02 Å². The van der Waals surface area contributed by atoms with Crippen molar-refractivity contribution in [1.29, 1.82) is 0 Å². The number of aromatic nitrogens is 2. The smallest absolute Gasteiger partial charge is 0.243 e. The first-order chi connectivity index (χ1) is 14.9. The molecule has 1 fully saturated rings. The average Bonchev–Trinajstić information content (AvgIpc) is 3.27. The zero-order valence-electron chi connectivity index (χ0n) is 16.6. The molecule has 162 valence electrons. The number of hydrogen-bond acceptors (Lipinski definition) is 5. The Hall–Kier alpha value is -2.33. The van der Waals surface area contributed by atoms with E-state index < -0.39 is 10.0 Å². The van der Waals surface area contributed by atoms with Gasteiger partial charge in [0.1, 0.15) is 0 Å². The van der Waals surface area contributed by atoms with Crippen LogP contribution >= 0.6 is 23.4 Å². The van der Waals surface area contributed by atoms with Crippen LogP contribution in [0.5, 0.6) is 0 Å². The summed E-state index contributed by atoms with van der Waals surface area (Å²) < 4.78 is 28.8. The van der Waals surface area contributed by atoms with Crippen molar-refractivity contribution >= 4 is 39.3 Å². The van der Waals surface area contributed by atoms with Crippen LogP contribution in [0.25, 0.3) is 5.69 Å². The molecule has 31 heavy (non-hydrogen) atoms. The molecule has 0 radical (unpaired) electrons. The second kappa shape index (κ2) is 9.44. The highest BCUT2D eigenvalue weighted by Crippen LogP contribution is 2.23. The van der Waals surface area contributed by atoms with Crippen molar-refractivity contribution in [3.8, 4) is 5.69 Å². The van der Waals surface area contributed by atoms with Crippen molar-refractivity contribution in [2.75, 3.05) is 31.9 Å². The topological polar surface area (TPSA) is 75.5 Å².